The molecule has 0 bridgehead atoms. The molecule has 5 heteroatoms. The van der Waals surface area contributed by atoms with E-state index in [9.17, 15) is 9.00 Å². The second-order valence-corrected chi connectivity index (χ2v) is 8.10. The Bertz CT molecular complexity index is 513. The van der Waals surface area contributed by atoms with Crippen LogP contribution in [0.15, 0.2) is 30.3 Å². The molecule has 1 aromatic carbocycles. The molecule has 0 heterocycles. The summed E-state index contributed by atoms with van der Waals surface area (Å²) < 4.78 is 11.3. The Morgan fingerprint density at radius 1 is 1.27 bits per heavy atom. The highest BCUT2D eigenvalue weighted by Crippen LogP contribution is 2.32. The van der Waals surface area contributed by atoms with Gasteiger partial charge in [-0.05, 0) is 31.7 Å². The van der Waals surface area contributed by atoms with Crippen molar-refractivity contribution in [3.63, 3.8) is 0 Å². The second kappa shape index (κ2) is 7.77. The highest BCUT2D eigenvalue weighted by atomic mass is 32.2. The van der Waals surface area contributed by atoms with Crippen LogP contribution in [0.4, 0.5) is 4.79 Å². The lowest BCUT2D eigenvalue weighted by Crippen LogP contribution is -2.52. The highest BCUT2D eigenvalue weighted by Gasteiger charge is 2.35. The van der Waals surface area contributed by atoms with Gasteiger partial charge in [0.1, 0.15) is 0 Å². The summed E-state index contributed by atoms with van der Waals surface area (Å²) in [6, 6.07) is 10.2. The van der Waals surface area contributed by atoms with E-state index in [1.807, 2.05) is 25.1 Å². The largest absolute Gasteiger partial charge is 0.337 e. The van der Waals surface area contributed by atoms with Crippen LogP contribution in [0.3, 0.4) is 0 Å². The maximum absolute atomic E-state index is 12.2. The van der Waals surface area contributed by atoms with E-state index in [4.69, 9.17) is 0 Å². The summed E-state index contributed by atoms with van der Waals surface area (Å²) in [6.07, 6.45) is 6.88. The fourth-order valence-electron chi connectivity index (χ4n) is 3.02. The summed E-state index contributed by atoms with van der Waals surface area (Å²) in [7, 11) is -0.915. The lowest BCUT2D eigenvalue weighted by molar-refractivity contribution is 0.224. The molecule has 1 saturated carbocycles. The average molecular weight is 322 g/mol. The smallest absolute Gasteiger partial charge is 0.315 e. The van der Waals surface area contributed by atoms with Crippen molar-refractivity contribution >= 4 is 16.8 Å². The molecular formula is C17H26N2O2S. The third kappa shape index (κ3) is 4.83. The Labute approximate surface area is 135 Å². The summed E-state index contributed by atoms with van der Waals surface area (Å²) in [5.41, 5.74) is 1.12. The fourth-order valence-corrected chi connectivity index (χ4v) is 3.34. The summed E-state index contributed by atoms with van der Waals surface area (Å²) in [5, 5.41) is 6.02. The van der Waals surface area contributed by atoms with Gasteiger partial charge < -0.3 is 10.6 Å². The van der Waals surface area contributed by atoms with E-state index in [0.29, 0.717) is 6.54 Å². The first-order valence-corrected chi connectivity index (χ1v) is 9.55. The zero-order valence-corrected chi connectivity index (χ0v) is 14.2. The van der Waals surface area contributed by atoms with Gasteiger partial charge in [-0.15, -0.1) is 0 Å². The predicted octanol–water partition coefficient (Wildman–Crippen LogP) is 2.61. The summed E-state index contributed by atoms with van der Waals surface area (Å²) in [6.45, 7) is 2.32. The zero-order chi connectivity index (χ0) is 16.0. The standard InChI is InChI=1S/C17H26N2O2S/c1-14(22(2)21)13-18-16(20)19-17(10-6-7-11-17)12-15-8-4-3-5-9-15/h3-5,8-9,14H,6-7,10-13H2,1-2H3,(H2,18,19,20). The van der Waals surface area contributed by atoms with E-state index in [-0.39, 0.29) is 16.8 Å². The lowest BCUT2D eigenvalue weighted by Gasteiger charge is -2.31. The number of hydrogen-bond donors (Lipinski definition) is 2. The number of carbonyl (C=O) groups is 1. The van der Waals surface area contributed by atoms with E-state index < -0.39 is 10.8 Å². The minimum atomic E-state index is -0.915. The van der Waals surface area contributed by atoms with Crippen molar-refractivity contribution < 1.29 is 9.00 Å². The average Bonchev–Trinajstić information content (AvgIpc) is 2.93. The number of benzene rings is 1. The first-order chi connectivity index (χ1) is 10.5. The van der Waals surface area contributed by atoms with Gasteiger partial charge in [0, 0.05) is 34.4 Å². The molecule has 2 amide bonds. The molecule has 2 unspecified atom stereocenters. The molecule has 2 rings (SSSR count). The summed E-state index contributed by atoms with van der Waals surface area (Å²) in [4.78, 5) is 12.2. The van der Waals surface area contributed by atoms with Gasteiger partial charge in [0.25, 0.3) is 0 Å². The predicted molar refractivity (Wildman–Crippen MR) is 91.4 cm³/mol. The minimum Gasteiger partial charge on any atom is -0.337 e. The van der Waals surface area contributed by atoms with Crippen LogP contribution in [0, 0.1) is 0 Å². The minimum absolute atomic E-state index is 0.0283. The summed E-state index contributed by atoms with van der Waals surface area (Å²) >= 11 is 0. The van der Waals surface area contributed by atoms with Crippen LogP contribution in [0.5, 0.6) is 0 Å². The topological polar surface area (TPSA) is 58.2 Å². The quantitative estimate of drug-likeness (QED) is 0.846. The Morgan fingerprint density at radius 3 is 2.50 bits per heavy atom. The molecule has 1 aromatic rings. The molecule has 0 aromatic heterocycles. The number of nitrogens with one attached hydrogen (secondary N) is 2. The SMILES string of the molecule is CC(CNC(=O)NC1(Cc2ccccc2)CCCC1)S(C)=O. The third-order valence-electron chi connectivity index (χ3n) is 4.44. The van der Waals surface area contributed by atoms with Crippen molar-refractivity contribution in [1.29, 1.82) is 0 Å². The van der Waals surface area contributed by atoms with Gasteiger partial charge in [0.05, 0.1) is 0 Å². The van der Waals surface area contributed by atoms with Gasteiger partial charge in [-0.3, -0.25) is 4.21 Å². The van der Waals surface area contributed by atoms with Gasteiger partial charge in [0.2, 0.25) is 0 Å². The van der Waals surface area contributed by atoms with E-state index in [0.717, 1.165) is 32.1 Å². The number of amides is 2. The number of urea groups is 1. The van der Waals surface area contributed by atoms with Crippen LogP contribution in [-0.2, 0) is 17.2 Å². The molecule has 2 N–H and O–H groups in total. The van der Waals surface area contributed by atoms with Crippen LogP contribution in [0.1, 0.15) is 38.2 Å². The van der Waals surface area contributed by atoms with Crippen molar-refractivity contribution in [3.8, 4) is 0 Å². The maximum Gasteiger partial charge on any atom is 0.315 e. The van der Waals surface area contributed by atoms with Crippen molar-refractivity contribution in [2.24, 2.45) is 0 Å². The van der Waals surface area contributed by atoms with Crippen molar-refractivity contribution in [2.75, 3.05) is 12.8 Å². The zero-order valence-electron chi connectivity index (χ0n) is 13.4. The molecule has 0 aliphatic heterocycles. The number of hydrogen-bond acceptors (Lipinski definition) is 2. The van der Waals surface area contributed by atoms with Crippen LogP contribution in [-0.4, -0.2) is 33.8 Å². The first kappa shape index (κ1) is 17.0. The second-order valence-electron chi connectivity index (χ2n) is 6.29. The number of carbonyl (C=O) groups excluding carboxylic acids is 1. The Balaban J connectivity index is 1.93. The molecule has 1 aliphatic carbocycles. The van der Waals surface area contributed by atoms with Crippen LogP contribution in [0.25, 0.3) is 0 Å². The Morgan fingerprint density at radius 2 is 1.91 bits per heavy atom. The summed E-state index contributed by atoms with van der Waals surface area (Å²) in [5.74, 6) is 0. The molecule has 1 fully saturated rings. The van der Waals surface area contributed by atoms with Crippen LogP contribution in [0.2, 0.25) is 0 Å². The maximum atomic E-state index is 12.2. The third-order valence-corrected chi connectivity index (χ3v) is 5.74. The lowest BCUT2D eigenvalue weighted by atomic mass is 9.89. The molecule has 1 aliphatic rings. The molecule has 122 valence electrons. The van der Waals surface area contributed by atoms with Crippen molar-refractivity contribution in [2.45, 2.75) is 49.8 Å². The van der Waals surface area contributed by atoms with Crippen molar-refractivity contribution in [3.05, 3.63) is 35.9 Å². The van der Waals surface area contributed by atoms with Gasteiger partial charge in [-0.2, -0.15) is 0 Å². The monoisotopic (exact) mass is 322 g/mol. The van der Waals surface area contributed by atoms with E-state index >= 15 is 0 Å². The van der Waals surface area contributed by atoms with Gasteiger partial charge in [-0.25, -0.2) is 4.79 Å². The Hall–Kier alpha value is -1.36. The van der Waals surface area contributed by atoms with Crippen LogP contribution < -0.4 is 10.6 Å². The van der Waals surface area contributed by atoms with Crippen molar-refractivity contribution in [1.82, 2.24) is 10.6 Å². The molecule has 2 atom stereocenters. The normalized spacial score (nSPS) is 19.4. The van der Waals surface area contributed by atoms with Crippen LogP contribution >= 0.6 is 0 Å². The Kier molecular flexibility index (Phi) is 6.00. The first-order valence-electron chi connectivity index (χ1n) is 7.93. The number of rotatable bonds is 6. The molecule has 0 radical (unpaired) electrons. The van der Waals surface area contributed by atoms with Gasteiger partial charge >= 0.3 is 6.03 Å². The van der Waals surface area contributed by atoms with Gasteiger partial charge in [0.15, 0.2) is 0 Å². The molecular weight excluding hydrogens is 296 g/mol. The van der Waals surface area contributed by atoms with E-state index in [2.05, 4.69) is 22.8 Å². The molecule has 0 spiro atoms. The highest BCUT2D eigenvalue weighted by molar-refractivity contribution is 7.84. The van der Waals surface area contributed by atoms with E-state index in [1.165, 1.54) is 5.56 Å². The molecule has 0 saturated heterocycles. The van der Waals surface area contributed by atoms with E-state index in [1.54, 1.807) is 6.26 Å². The molecule has 4 nitrogen and oxygen atoms in total. The molecule has 22 heavy (non-hydrogen) atoms. The van der Waals surface area contributed by atoms with Gasteiger partial charge in [-0.1, -0.05) is 43.2 Å². The fraction of sp³-hybridized carbons (Fsp3) is 0.588.